The van der Waals surface area contributed by atoms with Crippen LogP contribution in [0.3, 0.4) is 0 Å². The summed E-state index contributed by atoms with van der Waals surface area (Å²) in [6.07, 6.45) is 30.9. The maximum absolute atomic E-state index is 12.8. The highest BCUT2D eigenvalue weighted by Crippen LogP contribution is 2.43. The molecule has 1 unspecified atom stereocenters. The average molecular weight is 676 g/mol. The number of hydrogen-bond acceptors (Lipinski definition) is 5. The third kappa shape index (κ3) is 31.8. The van der Waals surface area contributed by atoms with E-state index in [1.807, 2.05) is 21.1 Å². The Morgan fingerprint density at radius 3 is 1.67 bits per heavy atom. The van der Waals surface area contributed by atoms with Gasteiger partial charge in [0.2, 0.25) is 5.91 Å². The first kappa shape index (κ1) is 45.2. The van der Waals surface area contributed by atoms with Gasteiger partial charge in [-0.3, -0.25) is 13.8 Å². The zero-order valence-electron chi connectivity index (χ0n) is 30.8. The van der Waals surface area contributed by atoms with Crippen LogP contribution in [0, 0.1) is 0 Å². The fourth-order valence-electron chi connectivity index (χ4n) is 5.39. The second-order valence-electron chi connectivity index (χ2n) is 14.3. The van der Waals surface area contributed by atoms with Crippen LogP contribution in [-0.4, -0.2) is 73.4 Å². The molecule has 1 amide bonds. The summed E-state index contributed by atoms with van der Waals surface area (Å²) in [6.45, 7) is 4.82. The van der Waals surface area contributed by atoms with Gasteiger partial charge in [0.05, 0.1) is 39.9 Å². The first-order valence-corrected chi connectivity index (χ1v) is 20.5. The minimum Gasteiger partial charge on any atom is -0.391 e. The zero-order valence-corrected chi connectivity index (χ0v) is 31.7. The molecule has 0 aliphatic heterocycles. The lowest BCUT2D eigenvalue weighted by Crippen LogP contribution is -2.46. The predicted molar refractivity (Wildman–Crippen MR) is 194 cm³/mol. The number of likely N-dealkylation sites (N-methyl/N-ethyl adjacent to an activating group) is 1. The molecular weight excluding hydrogens is 599 g/mol. The summed E-state index contributed by atoms with van der Waals surface area (Å²) < 4.78 is 23.5. The van der Waals surface area contributed by atoms with Crippen LogP contribution in [-0.2, 0) is 18.4 Å². The Bertz CT molecular complexity index is 773. The van der Waals surface area contributed by atoms with Crippen LogP contribution in [0.4, 0.5) is 0 Å². The summed E-state index contributed by atoms with van der Waals surface area (Å²) >= 11 is 0. The molecule has 3 atom stereocenters. The van der Waals surface area contributed by atoms with Crippen molar-refractivity contribution in [1.82, 2.24) is 5.32 Å². The number of unbranched alkanes of at least 4 members (excludes halogenated alkanes) is 19. The summed E-state index contributed by atoms with van der Waals surface area (Å²) in [5.74, 6) is -0.156. The smallest absolute Gasteiger partial charge is 0.391 e. The maximum Gasteiger partial charge on any atom is 0.472 e. The second kappa shape index (κ2) is 30.3. The lowest BCUT2D eigenvalue weighted by Gasteiger charge is -2.26. The molecule has 9 heteroatoms. The lowest BCUT2D eigenvalue weighted by molar-refractivity contribution is -0.870. The number of nitrogens with zero attached hydrogens (tertiary/aromatic N) is 1. The number of nitrogens with one attached hydrogen (secondary N) is 1. The Hall–Kier alpha value is -0.760. The average Bonchev–Trinajstić information content (AvgIpc) is 2.99. The molecule has 8 nitrogen and oxygen atoms in total. The molecule has 0 heterocycles. The Morgan fingerprint density at radius 1 is 0.717 bits per heavy atom. The van der Waals surface area contributed by atoms with E-state index in [1.165, 1.54) is 96.3 Å². The topological polar surface area (TPSA) is 105 Å². The maximum atomic E-state index is 12.8. The summed E-state index contributed by atoms with van der Waals surface area (Å²) in [7, 11) is 1.60. The number of aliphatic hydroxyl groups excluding tert-OH is 1. The van der Waals surface area contributed by atoms with Crippen molar-refractivity contribution in [3.8, 4) is 0 Å². The Morgan fingerprint density at radius 2 is 1.17 bits per heavy atom. The van der Waals surface area contributed by atoms with E-state index in [0.717, 1.165) is 44.9 Å². The van der Waals surface area contributed by atoms with Crippen LogP contribution in [0.5, 0.6) is 0 Å². The van der Waals surface area contributed by atoms with Crippen LogP contribution >= 0.6 is 7.82 Å². The number of phosphoric ester groups is 1. The number of hydrogen-bond donors (Lipinski definition) is 3. The fraction of sp³-hybridized carbons (Fsp3) is 0.919. The standard InChI is InChI=1S/C37H75N2O6P/c1-6-8-10-12-14-16-18-19-20-21-23-25-27-29-31-37(41)38-35(34-45-46(42,43)44-33-32-39(3,4)5)36(40)30-28-26-24-22-17-15-13-11-9-7-2/h17,22,35-36,40H,6-16,18-21,23-34H2,1-5H3,(H-,38,41,42,43)/p+1/b22-17+/t35-,36+/m0/s1. The van der Waals surface area contributed by atoms with Gasteiger partial charge < -0.3 is 19.8 Å². The van der Waals surface area contributed by atoms with Crippen molar-refractivity contribution in [1.29, 1.82) is 0 Å². The van der Waals surface area contributed by atoms with Crippen LogP contribution in [0.25, 0.3) is 0 Å². The molecule has 0 aliphatic rings. The number of carbonyl (C=O) groups excluding carboxylic acids is 1. The SMILES string of the molecule is CCCCCC/C=C/CCCC[C@@H](O)[C@H](COP(=O)(O)OCC[N+](C)(C)C)NC(=O)CCCCCCCCCCCCCCCC. The van der Waals surface area contributed by atoms with Crippen LogP contribution < -0.4 is 5.32 Å². The minimum absolute atomic E-state index is 0.0715. The van der Waals surface area contributed by atoms with Crippen LogP contribution in [0.1, 0.15) is 168 Å². The number of allylic oxidation sites excluding steroid dienone is 2. The highest BCUT2D eigenvalue weighted by atomic mass is 31.2. The van der Waals surface area contributed by atoms with Gasteiger partial charge in [-0.1, -0.05) is 135 Å². The van der Waals surface area contributed by atoms with E-state index in [1.54, 1.807) is 0 Å². The number of amides is 1. The van der Waals surface area contributed by atoms with E-state index in [0.29, 0.717) is 23.9 Å². The molecule has 0 aromatic carbocycles. The van der Waals surface area contributed by atoms with E-state index in [9.17, 15) is 19.4 Å². The van der Waals surface area contributed by atoms with Crippen molar-refractivity contribution in [2.75, 3.05) is 40.9 Å². The van der Waals surface area contributed by atoms with Crippen molar-refractivity contribution in [3.63, 3.8) is 0 Å². The van der Waals surface area contributed by atoms with Crippen molar-refractivity contribution in [2.45, 2.75) is 180 Å². The molecule has 0 saturated carbocycles. The summed E-state index contributed by atoms with van der Waals surface area (Å²) in [4.78, 5) is 23.0. The Labute approximate surface area is 284 Å². The van der Waals surface area contributed by atoms with Crippen molar-refractivity contribution < 1.29 is 32.9 Å². The molecule has 0 bridgehead atoms. The number of quaternary nitrogens is 1. The van der Waals surface area contributed by atoms with Gasteiger partial charge in [-0.05, 0) is 38.5 Å². The molecule has 0 spiro atoms. The van der Waals surface area contributed by atoms with Gasteiger partial charge in [-0.25, -0.2) is 4.57 Å². The molecule has 0 aromatic rings. The van der Waals surface area contributed by atoms with E-state index >= 15 is 0 Å². The zero-order chi connectivity index (χ0) is 34.4. The molecule has 46 heavy (non-hydrogen) atoms. The number of rotatable bonds is 34. The lowest BCUT2D eigenvalue weighted by atomic mass is 10.0. The minimum atomic E-state index is -4.30. The largest absolute Gasteiger partial charge is 0.472 e. The van der Waals surface area contributed by atoms with E-state index in [4.69, 9.17) is 9.05 Å². The summed E-state index contributed by atoms with van der Waals surface area (Å²) in [6, 6.07) is -0.768. The van der Waals surface area contributed by atoms with Crippen molar-refractivity contribution in [2.24, 2.45) is 0 Å². The normalized spacial score (nSPS) is 14.8. The number of phosphoric acid groups is 1. The summed E-state index contributed by atoms with van der Waals surface area (Å²) in [5.41, 5.74) is 0. The molecule has 0 radical (unpaired) electrons. The fourth-order valence-corrected chi connectivity index (χ4v) is 6.13. The van der Waals surface area contributed by atoms with Gasteiger partial charge in [0.25, 0.3) is 0 Å². The van der Waals surface area contributed by atoms with E-state index in [2.05, 4.69) is 31.3 Å². The van der Waals surface area contributed by atoms with Gasteiger partial charge >= 0.3 is 7.82 Å². The molecule has 0 aromatic heterocycles. The molecular formula is C37H76N2O6P+. The molecule has 0 fully saturated rings. The van der Waals surface area contributed by atoms with Crippen molar-refractivity contribution in [3.05, 3.63) is 12.2 Å². The van der Waals surface area contributed by atoms with E-state index in [-0.39, 0.29) is 19.1 Å². The molecule has 0 aliphatic carbocycles. The molecule has 3 N–H and O–H groups in total. The van der Waals surface area contributed by atoms with Crippen molar-refractivity contribution >= 4 is 13.7 Å². The first-order valence-electron chi connectivity index (χ1n) is 19.1. The van der Waals surface area contributed by atoms with Gasteiger partial charge in [0.1, 0.15) is 13.2 Å². The van der Waals surface area contributed by atoms with Gasteiger partial charge in [-0.2, -0.15) is 0 Å². The van der Waals surface area contributed by atoms with E-state index < -0.39 is 20.0 Å². The molecule has 0 rings (SSSR count). The quantitative estimate of drug-likeness (QED) is 0.0272. The van der Waals surface area contributed by atoms with Crippen LogP contribution in [0.2, 0.25) is 0 Å². The highest BCUT2D eigenvalue weighted by molar-refractivity contribution is 7.47. The van der Waals surface area contributed by atoms with Gasteiger partial charge in [-0.15, -0.1) is 0 Å². The highest BCUT2D eigenvalue weighted by Gasteiger charge is 2.28. The van der Waals surface area contributed by atoms with Crippen LogP contribution in [0.15, 0.2) is 12.2 Å². The second-order valence-corrected chi connectivity index (χ2v) is 15.8. The number of carbonyl (C=O) groups is 1. The van der Waals surface area contributed by atoms with Gasteiger partial charge in [0, 0.05) is 6.42 Å². The predicted octanol–water partition coefficient (Wildman–Crippen LogP) is 9.63. The Kier molecular flexibility index (Phi) is 29.8. The monoisotopic (exact) mass is 676 g/mol. The third-order valence-electron chi connectivity index (χ3n) is 8.51. The van der Waals surface area contributed by atoms with Gasteiger partial charge in [0.15, 0.2) is 0 Å². The Balaban J connectivity index is 4.46. The number of aliphatic hydroxyl groups is 1. The summed E-state index contributed by atoms with van der Waals surface area (Å²) in [5, 5.41) is 13.8. The molecule has 0 saturated heterocycles. The molecule has 274 valence electrons. The first-order chi connectivity index (χ1) is 22.0. The third-order valence-corrected chi connectivity index (χ3v) is 9.50.